The summed E-state index contributed by atoms with van der Waals surface area (Å²) in [4.78, 5) is 16.8. The van der Waals surface area contributed by atoms with E-state index < -0.39 is 6.04 Å². The Balaban J connectivity index is 1.21. The fraction of sp³-hybridized carbons (Fsp3) is 0.312. The van der Waals surface area contributed by atoms with Crippen LogP contribution in [0.15, 0.2) is 79.0 Å². The minimum absolute atomic E-state index is 0.00298. The van der Waals surface area contributed by atoms with Crippen molar-refractivity contribution >= 4 is 22.6 Å². The number of esters is 1. The lowest BCUT2D eigenvalue weighted by Gasteiger charge is -2.17. The van der Waals surface area contributed by atoms with E-state index in [0.29, 0.717) is 34.9 Å². The first kappa shape index (κ1) is 27.3. The van der Waals surface area contributed by atoms with Gasteiger partial charge in [-0.3, -0.25) is 9.78 Å². The van der Waals surface area contributed by atoms with Crippen molar-refractivity contribution in [2.45, 2.75) is 50.8 Å². The molecule has 4 aromatic rings. The number of ether oxygens (including phenoxy) is 4. The fourth-order valence-electron chi connectivity index (χ4n) is 4.73. The largest absolute Gasteiger partial charge is 0.493 e. The first-order chi connectivity index (χ1) is 19.6. The van der Waals surface area contributed by atoms with E-state index in [0.717, 1.165) is 43.3 Å². The molecule has 1 aliphatic rings. The van der Waals surface area contributed by atoms with Gasteiger partial charge in [0.1, 0.15) is 23.6 Å². The van der Waals surface area contributed by atoms with Crippen LogP contribution in [0.5, 0.6) is 23.0 Å². The third kappa shape index (κ3) is 7.01. The van der Waals surface area contributed by atoms with Gasteiger partial charge in [0.15, 0.2) is 11.5 Å². The van der Waals surface area contributed by atoms with Crippen LogP contribution in [0.2, 0.25) is 0 Å². The molecule has 8 nitrogen and oxygen atoms in total. The average Bonchev–Trinajstić information content (AvgIpc) is 3.50. The number of methoxy groups -OCH3 is 1. The van der Waals surface area contributed by atoms with Crippen LogP contribution in [0.4, 0.5) is 5.69 Å². The molecule has 1 heterocycles. The molecule has 0 bridgehead atoms. The molecule has 0 saturated heterocycles. The normalized spacial score (nSPS) is 14.1. The number of nitrogens with one attached hydrogen (secondary N) is 1. The highest BCUT2D eigenvalue weighted by Crippen LogP contribution is 2.37. The van der Waals surface area contributed by atoms with E-state index in [2.05, 4.69) is 22.4 Å². The summed E-state index contributed by atoms with van der Waals surface area (Å²) in [5.41, 5.74) is 8.96. The van der Waals surface area contributed by atoms with Crippen molar-refractivity contribution in [1.82, 2.24) is 4.98 Å². The SMILES string of the molecule is COc1cc2c(Oc3ccc(NCc4ccccc4)cc3)ccnc2cc1OCC[C@H](N)C(=O)OC1CCCC1. The number of fused-ring (bicyclic) bond motifs is 1. The number of carbonyl (C=O) groups excluding carboxylic acids is 1. The highest BCUT2D eigenvalue weighted by Gasteiger charge is 2.23. The number of hydrogen-bond acceptors (Lipinski definition) is 8. The second-order valence-corrected chi connectivity index (χ2v) is 9.88. The number of nitrogens with zero attached hydrogens (tertiary/aromatic N) is 1. The quantitative estimate of drug-likeness (QED) is 0.203. The van der Waals surface area contributed by atoms with Gasteiger partial charge in [-0.1, -0.05) is 30.3 Å². The summed E-state index contributed by atoms with van der Waals surface area (Å²) in [6.07, 6.45) is 6.04. The monoisotopic (exact) mass is 541 g/mol. The van der Waals surface area contributed by atoms with E-state index in [1.165, 1.54) is 5.56 Å². The van der Waals surface area contributed by atoms with E-state index in [1.54, 1.807) is 19.4 Å². The molecular weight excluding hydrogens is 506 g/mol. The van der Waals surface area contributed by atoms with Crippen molar-refractivity contribution in [2.24, 2.45) is 5.73 Å². The van der Waals surface area contributed by atoms with Crippen LogP contribution in [0.3, 0.4) is 0 Å². The maximum atomic E-state index is 12.3. The van der Waals surface area contributed by atoms with Crippen molar-refractivity contribution < 1.29 is 23.7 Å². The zero-order valence-corrected chi connectivity index (χ0v) is 22.7. The van der Waals surface area contributed by atoms with Gasteiger partial charge in [-0.2, -0.15) is 0 Å². The van der Waals surface area contributed by atoms with Crippen molar-refractivity contribution in [3.8, 4) is 23.0 Å². The highest BCUT2D eigenvalue weighted by molar-refractivity contribution is 5.88. The Morgan fingerprint density at radius 1 is 1.00 bits per heavy atom. The zero-order chi connectivity index (χ0) is 27.7. The molecule has 0 unspecified atom stereocenters. The van der Waals surface area contributed by atoms with Crippen LogP contribution in [-0.4, -0.2) is 36.8 Å². The minimum Gasteiger partial charge on any atom is -0.493 e. The molecule has 1 fully saturated rings. The first-order valence-electron chi connectivity index (χ1n) is 13.7. The van der Waals surface area contributed by atoms with E-state index in [9.17, 15) is 4.79 Å². The summed E-state index contributed by atoms with van der Waals surface area (Å²) in [7, 11) is 1.58. The number of pyridine rings is 1. The molecule has 1 saturated carbocycles. The Morgan fingerprint density at radius 3 is 2.52 bits per heavy atom. The van der Waals surface area contributed by atoms with Gasteiger partial charge >= 0.3 is 5.97 Å². The van der Waals surface area contributed by atoms with Gasteiger partial charge in [0.05, 0.1) is 19.2 Å². The van der Waals surface area contributed by atoms with Gasteiger partial charge in [0, 0.05) is 36.3 Å². The van der Waals surface area contributed by atoms with Crippen LogP contribution in [0.1, 0.15) is 37.7 Å². The number of benzene rings is 3. The zero-order valence-electron chi connectivity index (χ0n) is 22.7. The standard InChI is InChI=1S/C32H35N3O5/c1-37-30-19-26-28(20-31(30)38-18-16-27(33)32(36)40-24-9-5-6-10-24)34-17-15-29(26)39-25-13-11-23(12-14-25)35-21-22-7-3-2-4-8-22/h2-4,7-8,11-15,17,19-20,24,27,35H,5-6,9-10,16,18,21,33H2,1H3/t27-/m0/s1. The second kappa shape index (κ2) is 13.2. The second-order valence-electron chi connectivity index (χ2n) is 9.88. The van der Waals surface area contributed by atoms with Crippen LogP contribution >= 0.6 is 0 Å². The smallest absolute Gasteiger partial charge is 0.323 e. The molecule has 1 aliphatic carbocycles. The Hall–Kier alpha value is -4.30. The van der Waals surface area contributed by atoms with E-state index in [-0.39, 0.29) is 18.7 Å². The molecule has 5 rings (SSSR count). The van der Waals surface area contributed by atoms with E-state index >= 15 is 0 Å². The van der Waals surface area contributed by atoms with Crippen LogP contribution in [0.25, 0.3) is 10.9 Å². The van der Waals surface area contributed by atoms with Crippen LogP contribution < -0.4 is 25.3 Å². The Labute approximate surface area is 234 Å². The van der Waals surface area contributed by atoms with Crippen molar-refractivity contribution in [3.05, 3.63) is 84.6 Å². The summed E-state index contributed by atoms with van der Waals surface area (Å²) in [6, 6.07) is 22.8. The fourth-order valence-corrected chi connectivity index (χ4v) is 4.73. The van der Waals surface area contributed by atoms with Gasteiger partial charge in [-0.05, 0) is 67.6 Å². The maximum Gasteiger partial charge on any atom is 0.323 e. The molecule has 1 atom stereocenters. The summed E-state index contributed by atoms with van der Waals surface area (Å²) in [5, 5.41) is 4.21. The molecule has 208 valence electrons. The molecule has 0 amide bonds. The molecular formula is C32H35N3O5. The maximum absolute atomic E-state index is 12.3. The van der Waals surface area contributed by atoms with Gasteiger partial charge in [-0.15, -0.1) is 0 Å². The summed E-state index contributed by atoms with van der Waals surface area (Å²) in [5.74, 6) is 2.04. The van der Waals surface area contributed by atoms with Crippen LogP contribution in [-0.2, 0) is 16.1 Å². The van der Waals surface area contributed by atoms with E-state index in [4.69, 9.17) is 24.7 Å². The Bertz CT molecular complexity index is 1410. The Kier molecular flexibility index (Phi) is 8.98. The molecule has 3 N–H and O–H groups in total. The predicted octanol–water partition coefficient (Wildman–Crippen LogP) is 6.23. The van der Waals surface area contributed by atoms with Gasteiger partial charge < -0.3 is 30.0 Å². The number of rotatable bonds is 12. The molecule has 8 heteroatoms. The van der Waals surface area contributed by atoms with Crippen molar-refractivity contribution in [1.29, 1.82) is 0 Å². The van der Waals surface area contributed by atoms with Gasteiger partial charge in [0.2, 0.25) is 0 Å². The summed E-state index contributed by atoms with van der Waals surface area (Å²) >= 11 is 0. The lowest BCUT2D eigenvalue weighted by molar-refractivity contribution is -0.150. The molecule has 0 radical (unpaired) electrons. The lowest BCUT2D eigenvalue weighted by atomic mass is 10.1. The van der Waals surface area contributed by atoms with Crippen molar-refractivity contribution in [2.75, 3.05) is 19.0 Å². The number of hydrogen-bond donors (Lipinski definition) is 2. The number of anilines is 1. The third-order valence-corrected chi connectivity index (χ3v) is 6.98. The number of nitrogens with two attached hydrogens (primary N) is 1. The summed E-state index contributed by atoms with van der Waals surface area (Å²) in [6.45, 7) is 0.986. The third-order valence-electron chi connectivity index (χ3n) is 6.98. The van der Waals surface area contributed by atoms with Gasteiger partial charge in [0.25, 0.3) is 0 Å². The van der Waals surface area contributed by atoms with Crippen molar-refractivity contribution in [3.63, 3.8) is 0 Å². The predicted molar refractivity (Wildman–Crippen MR) is 155 cm³/mol. The molecule has 3 aromatic carbocycles. The molecule has 0 aliphatic heterocycles. The molecule has 0 spiro atoms. The molecule has 1 aromatic heterocycles. The topological polar surface area (TPSA) is 105 Å². The average molecular weight is 542 g/mol. The van der Waals surface area contributed by atoms with Gasteiger partial charge in [-0.25, -0.2) is 0 Å². The summed E-state index contributed by atoms with van der Waals surface area (Å²) < 4.78 is 23.3. The minimum atomic E-state index is -0.731. The number of aromatic nitrogens is 1. The van der Waals surface area contributed by atoms with E-state index in [1.807, 2.05) is 54.6 Å². The lowest BCUT2D eigenvalue weighted by Crippen LogP contribution is -2.35. The first-order valence-corrected chi connectivity index (χ1v) is 13.7. The highest BCUT2D eigenvalue weighted by atomic mass is 16.5. The Morgan fingerprint density at radius 2 is 1.77 bits per heavy atom. The van der Waals surface area contributed by atoms with Crippen LogP contribution in [0, 0.1) is 0 Å². The molecule has 40 heavy (non-hydrogen) atoms. The number of carbonyl (C=O) groups is 1.